The van der Waals surface area contributed by atoms with Crippen LogP contribution in [0.15, 0.2) is 42.5 Å². The second-order valence-electron chi connectivity index (χ2n) is 6.74. The van der Waals surface area contributed by atoms with Crippen LogP contribution in [0.5, 0.6) is 0 Å². The Morgan fingerprint density at radius 3 is 2.85 bits per heavy atom. The summed E-state index contributed by atoms with van der Waals surface area (Å²) in [7, 11) is 1.98. The van der Waals surface area contributed by atoms with Crippen molar-refractivity contribution in [3.05, 3.63) is 65.4 Å². The van der Waals surface area contributed by atoms with Gasteiger partial charge in [0.2, 0.25) is 5.91 Å². The number of carbonyl (C=O) groups excluding carboxylic acids is 1. The Balaban J connectivity index is 1.42. The predicted molar refractivity (Wildman–Crippen MR) is 104 cm³/mol. The maximum atomic E-state index is 13.9. The molecule has 4 rings (SSSR count). The molecule has 0 spiro atoms. The standard InChI is InChI=1S/C21H21FN4O/c1-13-15(14-6-5-7-16(22)21(14)24-13)12-20(27)23-11-10-19-25-17-8-3-4-9-18(17)26(19)2/h3-9,24H,10-12H2,1-2H3,(H,23,27). The van der Waals surface area contributed by atoms with Crippen molar-refractivity contribution in [2.24, 2.45) is 7.05 Å². The number of nitrogens with zero attached hydrogens (tertiary/aromatic N) is 2. The van der Waals surface area contributed by atoms with Gasteiger partial charge in [-0.05, 0) is 30.7 Å². The second-order valence-corrected chi connectivity index (χ2v) is 6.74. The number of carbonyl (C=O) groups is 1. The van der Waals surface area contributed by atoms with E-state index in [0.717, 1.165) is 33.5 Å². The Kier molecular flexibility index (Phi) is 4.39. The van der Waals surface area contributed by atoms with Crippen molar-refractivity contribution in [3.63, 3.8) is 0 Å². The molecule has 4 aromatic rings. The van der Waals surface area contributed by atoms with Crippen LogP contribution in [0.4, 0.5) is 4.39 Å². The molecule has 1 amide bonds. The fourth-order valence-electron chi connectivity index (χ4n) is 3.55. The van der Waals surface area contributed by atoms with Crippen molar-refractivity contribution in [1.29, 1.82) is 0 Å². The summed E-state index contributed by atoms with van der Waals surface area (Å²) in [6.45, 7) is 2.37. The van der Waals surface area contributed by atoms with E-state index in [1.165, 1.54) is 6.07 Å². The van der Waals surface area contributed by atoms with Crippen molar-refractivity contribution in [1.82, 2.24) is 19.9 Å². The van der Waals surface area contributed by atoms with Gasteiger partial charge in [0.25, 0.3) is 0 Å². The highest BCUT2D eigenvalue weighted by molar-refractivity contribution is 5.90. The van der Waals surface area contributed by atoms with Gasteiger partial charge in [-0.3, -0.25) is 4.79 Å². The number of aromatic nitrogens is 3. The van der Waals surface area contributed by atoms with Gasteiger partial charge in [-0.25, -0.2) is 9.37 Å². The molecule has 0 fully saturated rings. The zero-order valence-electron chi connectivity index (χ0n) is 15.3. The van der Waals surface area contributed by atoms with E-state index in [9.17, 15) is 9.18 Å². The molecular weight excluding hydrogens is 343 g/mol. The summed E-state index contributed by atoms with van der Waals surface area (Å²) in [5.41, 5.74) is 4.15. The number of H-pyrrole nitrogens is 1. The van der Waals surface area contributed by atoms with Gasteiger partial charge in [-0.15, -0.1) is 0 Å². The maximum absolute atomic E-state index is 13.9. The number of hydrogen-bond donors (Lipinski definition) is 2. The lowest BCUT2D eigenvalue weighted by atomic mass is 10.1. The average Bonchev–Trinajstić information content (AvgIpc) is 3.14. The summed E-state index contributed by atoms with van der Waals surface area (Å²) in [6.07, 6.45) is 0.871. The van der Waals surface area contributed by atoms with Gasteiger partial charge in [0.1, 0.15) is 11.6 Å². The normalized spacial score (nSPS) is 11.4. The quantitative estimate of drug-likeness (QED) is 0.570. The number of fused-ring (bicyclic) bond motifs is 2. The Bertz CT molecular complexity index is 1140. The van der Waals surface area contributed by atoms with E-state index in [4.69, 9.17) is 0 Å². The van der Waals surface area contributed by atoms with Crippen LogP contribution in [-0.2, 0) is 24.7 Å². The molecule has 2 aromatic carbocycles. The number of benzene rings is 2. The first-order valence-electron chi connectivity index (χ1n) is 8.97. The summed E-state index contributed by atoms with van der Waals surface area (Å²) in [5.74, 6) is 0.549. The zero-order chi connectivity index (χ0) is 19.0. The molecule has 2 N–H and O–H groups in total. The van der Waals surface area contributed by atoms with Gasteiger partial charge in [0.05, 0.1) is 23.0 Å². The summed E-state index contributed by atoms with van der Waals surface area (Å²) in [4.78, 5) is 20.0. The Hall–Kier alpha value is -3.15. The third-order valence-corrected chi connectivity index (χ3v) is 4.99. The van der Waals surface area contributed by atoms with Crippen LogP contribution in [0.1, 0.15) is 17.1 Å². The molecule has 5 nitrogen and oxygen atoms in total. The topological polar surface area (TPSA) is 62.7 Å². The van der Waals surface area contributed by atoms with Crippen LogP contribution >= 0.6 is 0 Å². The first-order valence-corrected chi connectivity index (χ1v) is 8.97. The molecule has 138 valence electrons. The zero-order valence-corrected chi connectivity index (χ0v) is 15.3. The van der Waals surface area contributed by atoms with Crippen LogP contribution in [0.2, 0.25) is 0 Å². The molecule has 2 heterocycles. The molecule has 0 saturated carbocycles. The van der Waals surface area contributed by atoms with Gasteiger partial charge in [-0.1, -0.05) is 24.3 Å². The predicted octanol–water partition coefficient (Wildman–Crippen LogP) is 3.40. The van der Waals surface area contributed by atoms with Crippen LogP contribution in [-0.4, -0.2) is 27.0 Å². The van der Waals surface area contributed by atoms with Crippen LogP contribution in [0.3, 0.4) is 0 Å². The number of rotatable bonds is 5. The van der Waals surface area contributed by atoms with Crippen molar-refractivity contribution in [2.45, 2.75) is 19.8 Å². The molecule has 0 aliphatic carbocycles. The highest BCUT2D eigenvalue weighted by atomic mass is 19.1. The highest BCUT2D eigenvalue weighted by Gasteiger charge is 2.14. The largest absolute Gasteiger partial charge is 0.356 e. The first-order chi connectivity index (χ1) is 13.0. The third kappa shape index (κ3) is 3.18. The number of nitrogens with one attached hydrogen (secondary N) is 2. The molecule has 2 aromatic heterocycles. The monoisotopic (exact) mass is 364 g/mol. The third-order valence-electron chi connectivity index (χ3n) is 4.99. The van der Waals surface area contributed by atoms with Crippen molar-refractivity contribution in [3.8, 4) is 0 Å². The number of imidazole rings is 1. The van der Waals surface area contributed by atoms with Gasteiger partial charge in [0, 0.05) is 31.1 Å². The van der Waals surface area contributed by atoms with E-state index < -0.39 is 0 Å². The molecule has 27 heavy (non-hydrogen) atoms. The number of para-hydroxylation sites is 3. The summed E-state index contributed by atoms with van der Waals surface area (Å²) in [5, 5.41) is 3.71. The van der Waals surface area contributed by atoms with Crippen molar-refractivity contribution >= 4 is 27.8 Å². The Labute approximate surface area is 156 Å². The number of aromatic amines is 1. The van der Waals surface area contributed by atoms with Crippen molar-refractivity contribution in [2.75, 3.05) is 6.54 Å². The lowest BCUT2D eigenvalue weighted by Crippen LogP contribution is -2.28. The fourth-order valence-corrected chi connectivity index (χ4v) is 3.55. The molecular formula is C21H21FN4O. The number of hydrogen-bond acceptors (Lipinski definition) is 2. The minimum absolute atomic E-state index is 0.0815. The van der Waals surface area contributed by atoms with Gasteiger partial charge >= 0.3 is 0 Å². The van der Waals surface area contributed by atoms with E-state index in [1.54, 1.807) is 6.07 Å². The molecule has 0 atom stereocenters. The summed E-state index contributed by atoms with van der Waals surface area (Å²) in [6, 6.07) is 12.9. The molecule has 0 unspecified atom stereocenters. The van der Waals surface area contributed by atoms with E-state index in [1.807, 2.05) is 48.9 Å². The lowest BCUT2D eigenvalue weighted by Gasteiger charge is -2.06. The van der Waals surface area contributed by atoms with E-state index in [0.29, 0.717) is 18.5 Å². The fraction of sp³-hybridized carbons (Fsp3) is 0.238. The van der Waals surface area contributed by atoms with E-state index in [2.05, 4.69) is 15.3 Å². The van der Waals surface area contributed by atoms with E-state index >= 15 is 0 Å². The molecule has 0 aliphatic heterocycles. The van der Waals surface area contributed by atoms with Crippen LogP contribution in [0.25, 0.3) is 21.9 Å². The second kappa shape index (κ2) is 6.87. The molecule has 0 radical (unpaired) electrons. The van der Waals surface area contributed by atoms with Gasteiger partial charge < -0.3 is 14.9 Å². The minimum Gasteiger partial charge on any atom is -0.356 e. The average molecular weight is 364 g/mol. The van der Waals surface area contributed by atoms with Crippen molar-refractivity contribution < 1.29 is 9.18 Å². The van der Waals surface area contributed by atoms with Gasteiger partial charge in [-0.2, -0.15) is 0 Å². The lowest BCUT2D eigenvalue weighted by molar-refractivity contribution is -0.120. The van der Waals surface area contributed by atoms with Crippen LogP contribution < -0.4 is 5.32 Å². The first kappa shape index (κ1) is 17.3. The molecule has 0 bridgehead atoms. The molecule has 6 heteroatoms. The summed E-state index contributed by atoms with van der Waals surface area (Å²) < 4.78 is 15.9. The Morgan fingerprint density at radius 1 is 1.22 bits per heavy atom. The Morgan fingerprint density at radius 2 is 2.04 bits per heavy atom. The molecule has 0 saturated heterocycles. The number of amides is 1. The molecule has 0 aliphatic rings. The minimum atomic E-state index is -0.302. The maximum Gasteiger partial charge on any atom is 0.224 e. The smallest absolute Gasteiger partial charge is 0.224 e. The highest BCUT2D eigenvalue weighted by Crippen LogP contribution is 2.24. The SMILES string of the molecule is Cc1[nH]c2c(F)cccc2c1CC(=O)NCCc1nc2ccccc2n1C. The van der Waals surface area contributed by atoms with Gasteiger partial charge in [0.15, 0.2) is 0 Å². The van der Waals surface area contributed by atoms with Crippen LogP contribution in [0, 0.1) is 12.7 Å². The number of halogens is 1. The number of aryl methyl sites for hydroxylation is 2. The van der Waals surface area contributed by atoms with E-state index in [-0.39, 0.29) is 18.1 Å². The summed E-state index contributed by atoms with van der Waals surface area (Å²) >= 11 is 0.